The molecular weight excluding hydrogens is 155 g/mol. The number of hydrogen-bond acceptors (Lipinski definition) is 1. The molecule has 0 aliphatic rings. The van der Waals surface area contributed by atoms with Gasteiger partial charge in [0.05, 0.1) is 5.69 Å². The lowest BCUT2D eigenvalue weighted by Crippen LogP contribution is -2.17. The van der Waals surface area contributed by atoms with Crippen LogP contribution in [0, 0.1) is 13.0 Å². The Morgan fingerprint density at radius 3 is 2.00 bits per heavy atom. The van der Waals surface area contributed by atoms with E-state index >= 15 is 0 Å². The molecule has 0 spiro atoms. The van der Waals surface area contributed by atoms with E-state index in [9.17, 15) is 4.39 Å². The van der Waals surface area contributed by atoms with Crippen molar-refractivity contribution in [1.29, 1.82) is 0 Å². The highest BCUT2D eigenvalue weighted by molar-refractivity contribution is 5.20. The van der Waals surface area contributed by atoms with E-state index < -0.39 is 6.08 Å². The fraction of sp³-hybridized carbons (Fsp3) is 0.667. The summed E-state index contributed by atoms with van der Waals surface area (Å²) in [5.74, 6) is 0. The predicted molar refractivity (Wildman–Crippen MR) is 46.6 cm³/mol. The normalized spacial score (nSPS) is 12.2. The van der Waals surface area contributed by atoms with E-state index in [4.69, 9.17) is 0 Å². The number of aromatic nitrogens is 2. The molecule has 3 heteroatoms. The van der Waals surface area contributed by atoms with Crippen LogP contribution in [0.4, 0.5) is 4.39 Å². The van der Waals surface area contributed by atoms with Crippen molar-refractivity contribution in [3.05, 3.63) is 17.5 Å². The maximum Gasteiger partial charge on any atom is 0.289 e. The first-order valence-corrected chi connectivity index (χ1v) is 4.03. The van der Waals surface area contributed by atoms with E-state index in [1.54, 1.807) is 7.05 Å². The van der Waals surface area contributed by atoms with E-state index in [-0.39, 0.29) is 5.41 Å². The van der Waals surface area contributed by atoms with Gasteiger partial charge in [-0.2, -0.15) is 4.39 Å². The van der Waals surface area contributed by atoms with Gasteiger partial charge >= 0.3 is 0 Å². The Morgan fingerprint density at radius 1 is 1.33 bits per heavy atom. The summed E-state index contributed by atoms with van der Waals surface area (Å²) in [6.07, 6.45) is -0.405. The van der Waals surface area contributed by atoms with Crippen LogP contribution in [0.5, 0.6) is 0 Å². The molecule has 0 aliphatic heterocycles. The van der Waals surface area contributed by atoms with E-state index in [1.165, 1.54) is 4.57 Å². The maximum absolute atomic E-state index is 13.0. The smallest absolute Gasteiger partial charge is 0.289 e. The molecule has 0 amide bonds. The Morgan fingerprint density at radius 2 is 1.83 bits per heavy atom. The quantitative estimate of drug-likeness (QED) is 0.583. The van der Waals surface area contributed by atoms with E-state index in [0.717, 1.165) is 11.4 Å². The minimum Gasteiger partial charge on any atom is -0.307 e. The number of rotatable bonds is 0. The molecule has 1 aromatic heterocycles. The monoisotopic (exact) mass is 170 g/mol. The molecule has 1 rings (SSSR count). The largest absolute Gasteiger partial charge is 0.307 e. The third-order valence-electron chi connectivity index (χ3n) is 1.93. The van der Waals surface area contributed by atoms with Crippen molar-refractivity contribution in [1.82, 2.24) is 9.55 Å². The third-order valence-corrected chi connectivity index (χ3v) is 1.93. The second kappa shape index (κ2) is 2.57. The molecule has 0 N–H and O–H groups in total. The number of imidazole rings is 1. The van der Waals surface area contributed by atoms with Crippen LogP contribution in [0.3, 0.4) is 0 Å². The van der Waals surface area contributed by atoms with Crippen LogP contribution in [-0.2, 0) is 12.5 Å². The van der Waals surface area contributed by atoms with Gasteiger partial charge in [-0.3, -0.25) is 0 Å². The second-order valence-corrected chi connectivity index (χ2v) is 4.12. The minimum absolute atomic E-state index is 0.0455. The average molecular weight is 170 g/mol. The predicted octanol–water partition coefficient (Wildman–Crippen LogP) is 2.17. The van der Waals surface area contributed by atoms with E-state index in [1.807, 2.05) is 6.92 Å². The molecule has 68 valence electrons. The molecule has 0 aromatic carbocycles. The Kier molecular flexibility index (Phi) is 1.98. The standard InChI is InChI=1S/C9H15FN2/c1-6-7(9(2,3)4)12(5)8(10)11-6/h1-5H3. The van der Waals surface area contributed by atoms with Crippen LogP contribution in [0.25, 0.3) is 0 Å². The zero-order valence-corrected chi connectivity index (χ0v) is 8.27. The maximum atomic E-state index is 13.0. The van der Waals surface area contributed by atoms with Crippen LogP contribution in [0.2, 0.25) is 0 Å². The molecule has 0 saturated carbocycles. The summed E-state index contributed by atoms with van der Waals surface area (Å²) in [6, 6.07) is 0. The van der Waals surface area contributed by atoms with Crippen molar-refractivity contribution >= 4 is 0 Å². The Balaban J connectivity index is 3.32. The lowest BCUT2D eigenvalue weighted by molar-refractivity contribution is 0.464. The summed E-state index contributed by atoms with van der Waals surface area (Å²) >= 11 is 0. The van der Waals surface area contributed by atoms with Gasteiger partial charge in [0.15, 0.2) is 0 Å². The molecule has 1 aromatic rings. The molecule has 0 saturated heterocycles. The SMILES string of the molecule is Cc1nc(F)n(C)c1C(C)(C)C. The zero-order chi connectivity index (χ0) is 9.52. The molecule has 0 atom stereocenters. The molecule has 0 fully saturated rings. The summed E-state index contributed by atoms with van der Waals surface area (Å²) in [4.78, 5) is 3.77. The lowest BCUT2D eigenvalue weighted by Gasteiger charge is -2.19. The molecule has 0 unspecified atom stereocenters. The fourth-order valence-corrected chi connectivity index (χ4v) is 1.65. The zero-order valence-electron chi connectivity index (χ0n) is 8.27. The van der Waals surface area contributed by atoms with Gasteiger partial charge in [0.2, 0.25) is 0 Å². The first-order chi connectivity index (χ1) is 5.34. The Labute approximate surface area is 72.4 Å². The number of hydrogen-bond donors (Lipinski definition) is 0. The number of halogens is 1. The first-order valence-electron chi connectivity index (χ1n) is 4.03. The molecule has 1 heterocycles. The van der Waals surface area contributed by atoms with Crippen LogP contribution in [0.1, 0.15) is 32.2 Å². The molecule has 0 radical (unpaired) electrons. The first kappa shape index (κ1) is 9.23. The fourth-order valence-electron chi connectivity index (χ4n) is 1.65. The van der Waals surface area contributed by atoms with Gasteiger partial charge in [0.1, 0.15) is 0 Å². The molecule has 0 bridgehead atoms. The highest BCUT2D eigenvalue weighted by atomic mass is 19.1. The van der Waals surface area contributed by atoms with Crippen molar-refractivity contribution < 1.29 is 4.39 Å². The van der Waals surface area contributed by atoms with Crippen molar-refractivity contribution in [2.45, 2.75) is 33.1 Å². The number of nitrogens with zero attached hydrogens (tertiary/aromatic N) is 2. The van der Waals surface area contributed by atoms with E-state index in [0.29, 0.717) is 0 Å². The summed E-state index contributed by atoms with van der Waals surface area (Å²) in [5, 5.41) is 0. The lowest BCUT2D eigenvalue weighted by atomic mass is 9.91. The van der Waals surface area contributed by atoms with Crippen LogP contribution >= 0.6 is 0 Å². The Bertz CT molecular complexity index is 294. The molecule has 0 aliphatic carbocycles. The highest BCUT2D eigenvalue weighted by Crippen LogP contribution is 2.25. The minimum atomic E-state index is -0.405. The van der Waals surface area contributed by atoms with Gasteiger partial charge in [-0.25, -0.2) is 4.98 Å². The second-order valence-electron chi connectivity index (χ2n) is 4.12. The van der Waals surface area contributed by atoms with Crippen molar-refractivity contribution in [2.24, 2.45) is 7.05 Å². The number of aryl methyl sites for hydroxylation is 1. The summed E-state index contributed by atoms with van der Waals surface area (Å²) < 4.78 is 14.5. The van der Waals surface area contributed by atoms with Gasteiger partial charge in [-0.05, 0) is 6.92 Å². The van der Waals surface area contributed by atoms with Crippen LogP contribution < -0.4 is 0 Å². The highest BCUT2D eigenvalue weighted by Gasteiger charge is 2.22. The van der Waals surface area contributed by atoms with Crippen molar-refractivity contribution in [3.8, 4) is 0 Å². The molecule has 2 nitrogen and oxygen atoms in total. The van der Waals surface area contributed by atoms with Crippen molar-refractivity contribution in [3.63, 3.8) is 0 Å². The van der Waals surface area contributed by atoms with E-state index in [2.05, 4.69) is 25.8 Å². The van der Waals surface area contributed by atoms with Gasteiger partial charge in [0, 0.05) is 18.2 Å². The summed E-state index contributed by atoms with van der Waals surface area (Å²) in [6.45, 7) is 7.99. The van der Waals surface area contributed by atoms with Gasteiger partial charge in [-0.1, -0.05) is 20.8 Å². The van der Waals surface area contributed by atoms with Crippen molar-refractivity contribution in [2.75, 3.05) is 0 Å². The summed E-state index contributed by atoms with van der Waals surface area (Å²) in [5.41, 5.74) is 1.69. The molecular formula is C9H15FN2. The summed E-state index contributed by atoms with van der Waals surface area (Å²) in [7, 11) is 1.70. The van der Waals surface area contributed by atoms with Gasteiger partial charge in [-0.15, -0.1) is 0 Å². The van der Waals surface area contributed by atoms with Gasteiger partial charge in [0.25, 0.3) is 6.08 Å². The third kappa shape index (κ3) is 1.36. The average Bonchev–Trinajstić information content (AvgIpc) is 2.05. The Hall–Kier alpha value is -0.860. The van der Waals surface area contributed by atoms with Crippen LogP contribution in [-0.4, -0.2) is 9.55 Å². The van der Waals surface area contributed by atoms with Crippen LogP contribution in [0.15, 0.2) is 0 Å². The molecule has 12 heavy (non-hydrogen) atoms. The van der Waals surface area contributed by atoms with Gasteiger partial charge < -0.3 is 4.57 Å². The topological polar surface area (TPSA) is 17.8 Å².